The van der Waals surface area contributed by atoms with Gasteiger partial charge in [0.25, 0.3) is 5.91 Å². The molecule has 7 heteroatoms. The molecule has 0 unspecified atom stereocenters. The number of hydrogen-bond donors (Lipinski definition) is 1. The molecule has 0 saturated carbocycles. The summed E-state index contributed by atoms with van der Waals surface area (Å²) >= 11 is 1.64. The van der Waals surface area contributed by atoms with Gasteiger partial charge in [0.15, 0.2) is 11.5 Å². The lowest BCUT2D eigenvalue weighted by Gasteiger charge is -2.13. The minimum Gasteiger partial charge on any atom is -0.496 e. The Bertz CT molecular complexity index is 890. The van der Waals surface area contributed by atoms with Crippen LogP contribution in [0.5, 0.6) is 17.2 Å². The molecule has 0 aliphatic carbocycles. The van der Waals surface area contributed by atoms with Crippen LogP contribution >= 0.6 is 11.3 Å². The second kappa shape index (κ2) is 8.05. The molecule has 3 aromatic rings. The Morgan fingerprint density at radius 3 is 2.42 bits per heavy atom. The monoisotopic (exact) mass is 372 g/mol. The van der Waals surface area contributed by atoms with Crippen molar-refractivity contribution in [3.05, 3.63) is 47.0 Å². The van der Waals surface area contributed by atoms with Crippen LogP contribution in [0.4, 0.5) is 0 Å². The van der Waals surface area contributed by atoms with Crippen LogP contribution in [0.1, 0.15) is 15.4 Å². The predicted molar refractivity (Wildman–Crippen MR) is 102 cm³/mol. The molecule has 2 aromatic carbocycles. The molecule has 6 nitrogen and oxygen atoms in total. The maximum absolute atomic E-state index is 12.6. The van der Waals surface area contributed by atoms with E-state index in [1.54, 1.807) is 23.5 Å². The Hall–Kier alpha value is -2.80. The second-order valence-electron chi connectivity index (χ2n) is 5.49. The fourth-order valence-corrected chi connectivity index (χ4v) is 3.58. The molecule has 0 radical (unpaired) electrons. The molecule has 1 N–H and O–H groups in total. The van der Waals surface area contributed by atoms with Crippen LogP contribution in [0.2, 0.25) is 0 Å². The molecule has 0 aliphatic heterocycles. The van der Waals surface area contributed by atoms with Gasteiger partial charge in [0.1, 0.15) is 5.75 Å². The Kier molecular flexibility index (Phi) is 5.58. The molecule has 0 aliphatic rings. The summed E-state index contributed by atoms with van der Waals surface area (Å²) in [4.78, 5) is 17.1. The highest BCUT2D eigenvalue weighted by Crippen LogP contribution is 2.34. The van der Waals surface area contributed by atoms with Gasteiger partial charge in [0.2, 0.25) is 0 Å². The molecular formula is C19H20N2O4S. The van der Waals surface area contributed by atoms with Gasteiger partial charge in [-0.05, 0) is 12.1 Å². The smallest absolute Gasteiger partial charge is 0.255 e. The van der Waals surface area contributed by atoms with Crippen molar-refractivity contribution in [1.82, 2.24) is 10.3 Å². The van der Waals surface area contributed by atoms with Crippen LogP contribution in [-0.2, 0) is 6.42 Å². The number of fused-ring (bicyclic) bond motifs is 1. The SMILES string of the molecule is COc1cc(OC)c(C(=O)NCCc2nc3ccccc3s2)cc1OC. The van der Waals surface area contributed by atoms with Gasteiger partial charge in [-0.1, -0.05) is 12.1 Å². The molecule has 3 rings (SSSR count). The zero-order valence-corrected chi connectivity index (χ0v) is 15.7. The number of ether oxygens (including phenoxy) is 3. The number of thiazole rings is 1. The van der Waals surface area contributed by atoms with Gasteiger partial charge in [-0.2, -0.15) is 0 Å². The number of rotatable bonds is 7. The highest BCUT2D eigenvalue weighted by atomic mass is 32.1. The number of benzene rings is 2. The van der Waals surface area contributed by atoms with E-state index in [2.05, 4.69) is 10.3 Å². The molecule has 0 bridgehead atoms. The van der Waals surface area contributed by atoms with Crippen LogP contribution < -0.4 is 19.5 Å². The maximum Gasteiger partial charge on any atom is 0.255 e. The van der Waals surface area contributed by atoms with Gasteiger partial charge in [0, 0.05) is 25.1 Å². The van der Waals surface area contributed by atoms with E-state index in [4.69, 9.17) is 14.2 Å². The zero-order valence-electron chi connectivity index (χ0n) is 14.9. The van der Waals surface area contributed by atoms with Crippen molar-refractivity contribution in [2.45, 2.75) is 6.42 Å². The lowest BCUT2D eigenvalue weighted by atomic mass is 10.1. The fourth-order valence-electron chi connectivity index (χ4n) is 2.61. The third-order valence-corrected chi connectivity index (χ3v) is 5.01. The summed E-state index contributed by atoms with van der Waals surface area (Å²) in [7, 11) is 4.58. The summed E-state index contributed by atoms with van der Waals surface area (Å²) < 4.78 is 17.0. The normalized spacial score (nSPS) is 10.6. The van der Waals surface area contributed by atoms with Crippen LogP contribution in [0.25, 0.3) is 10.2 Å². The molecule has 0 saturated heterocycles. The van der Waals surface area contributed by atoms with Crippen molar-refractivity contribution < 1.29 is 19.0 Å². The summed E-state index contributed by atoms with van der Waals surface area (Å²) in [5.74, 6) is 1.18. The van der Waals surface area contributed by atoms with Crippen molar-refractivity contribution in [1.29, 1.82) is 0 Å². The minimum absolute atomic E-state index is 0.232. The molecule has 136 valence electrons. The Balaban J connectivity index is 1.69. The highest BCUT2D eigenvalue weighted by molar-refractivity contribution is 7.18. The molecule has 0 atom stereocenters. The molecule has 0 fully saturated rings. The predicted octanol–water partition coefficient (Wildman–Crippen LogP) is 3.29. The van der Waals surface area contributed by atoms with Gasteiger partial charge in [-0.25, -0.2) is 4.98 Å². The average molecular weight is 372 g/mol. The zero-order chi connectivity index (χ0) is 18.5. The molecule has 1 heterocycles. The van der Waals surface area contributed by atoms with E-state index in [1.807, 2.05) is 24.3 Å². The fraction of sp³-hybridized carbons (Fsp3) is 0.263. The van der Waals surface area contributed by atoms with E-state index >= 15 is 0 Å². The number of carbonyl (C=O) groups is 1. The van der Waals surface area contributed by atoms with E-state index in [1.165, 1.54) is 21.3 Å². The first kappa shape index (κ1) is 18.0. The Labute approximate surface area is 155 Å². The molecule has 0 spiro atoms. The number of nitrogens with one attached hydrogen (secondary N) is 1. The van der Waals surface area contributed by atoms with Gasteiger partial charge < -0.3 is 19.5 Å². The van der Waals surface area contributed by atoms with Gasteiger partial charge in [-0.15, -0.1) is 11.3 Å². The van der Waals surface area contributed by atoms with Crippen molar-refractivity contribution in [3.8, 4) is 17.2 Å². The van der Waals surface area contributed by atoms with Crippen molar-refractivity contribution in [2.75, 3.05) is 27.9 Å². The van der Waals surface area contributed by atoms with Crippen molar-refractivity contribution in [3.63, 3.8) is 0 Å². The lowest BCUT2D eigenvalue weighted by molar-refractivity contribution is 0.0950. The van der Waals surface area contributed by atoms with E-state index < -0.39 is 0 Å². The number of nitrogens with zero attached hydrogens (tertiary/aromatic N) is 1. The standard InChI is InChI=1S/C19H20N2O4S/c1-23-14-11-16(25-3)15(24-2)10-12(14)19(22)20-9-8-18-21-13-6-4-5-7-17(13)26-18/h4-7,10-11H,8-9H2,1-3H3,(H,20,22). The maximum atomic E-state index is 12.6. The van der Waals surface area contributed by atoms with Crippen LogP contribution in [0.15, 0.2) is 36.4 Å². The third kappa shape index (κ3) is 3.72. The van der Waals surface area contributed by atoms with Crippen LogP contribution in [-0.4, -0.2) is 38.8 Å². The number of para-hydroxylation sites is 1. The molecular weight excluding hydrogens is 352 g/mol. The van der Waals surface area contributed by atoms with E-state index in [0.717, 1.165) is 15.2 Å². The van der Waals surface area contributed by atoms with Gasteiger partial charge >= 0.3 is 0 Å². The van der Waals surface area contributed by atoms with Gasteiger partial charge in [0.05, 0.1) is 42.1 Å². The number of amides is 1. The second-order valence-corrected chi connectivity index (χ2v) is 6.60. The molecule has 1 aromatic heterocycles. The summed E-state index contributed by atoms with van der Waals surface area (Å²) in [6, 6.07) is 11.3. The summed E-state index contributed by atoms with van der Waals surface area (Å²) in [6.45, 7) is 0.482. The summed E-state index contributed by atoms with van der Waals surface area (Å²) in [6.07, 6.45) is 0.667. The number of aromatic nitrogens is 1. The Morgan fingerprint density at radius 1 is 1.04 bits per heavy atom. The minimum atomic E-state index is -0.232. The number of methoxy groups -OCH3 is 3. The van der Waals surface area contributed by atoms with Crippen LogP contribution in [0.3, 0.4) is 0 Å². The highest BCUT2D eigenvalue weighted by Gasteiger charge is 2.17. The molecule has 1 amide bonds. The first-order valence-electron chi connectivity index (χ1n) is 8.09. The van der Waals surface area contributed by atoms with E-state index in [0.29, 0.717) is 35.8 Å². The lowest BCUT2D eigenvalue weighted by Crippen LogP contribution is -2.26. The average Bonchev–Trinajstić information content (AvgIpc) is 3.09. The third-order valence-electron chi connectivity index (χ3n) is 3.91. The largest absolute Gasteiger partial charge is 0.496 e. The summed E-state index contributed by atoms with van der Waals surface area (Å²) in [5, 5.41) is 3.90. The van der Waals surface area contributed by atoms with E-state index in [9.17, 15) is 4.79 Å². The van der Waals surface area contributed by atoms with Gasteiger partial charge in [-0.3, -0.25) is 4.79 Å². The molecule has 26 heavy (non-hydrogen) atoms. The number of carbonyl (C=O) groups excluding carboxylic acids is 1. The van der Waals surface area contributed by atoms with Crippen molar-refractivity contribution >= 4 is 27.5 Å². The topological polar surface area (TPSA) is 69.7 Å². The number of hydrogen-bond acceptors (Lipinski definition) is 6. The first-order chi connectivity index (χ1) is 12.7. The quantitative estimate of drug-likeness (QED) is 0.689. The van der Waals surface area contributed by atoms with Crippen molar-refractivity contribution in [2.24, 2.45) is 0 Å². The van der Waals surface area contributed by atoms with Crippen LogP contribution in [0, 0.1) is 0 Å². The van der Waals surface area contributed by atoms with E-state index in [-0.39, 0.29) is 5.91 Å². The Morgan fingerprint density at radius 2 is 1.73 bits per heavy atom. The first-order valence-corrected chi connectivity index (χ1v) is 8.90. The summed E-state index contributed by atoms with van der Waals surface area (Å²) in [5.41, 5.74) is 1.38.